The van der Waals surface area contributed by atoms with Crippen LogP contribution in [0.5, 0.6) is 0 Å². The van der Waals surface area contributed by atoms with E-state index in [9.17, 15) is 19.8 Å². The molecule has 2 aliphatic rings. The zero-order valence-corrected chi connectivity index (χ0v) is 23.5. The van der Waals surface area contributed by atoms with E-state index in [4.69, 9.17) is 4.98 Å². The quantitative estimate of drug-likeness (QED) is 0.419. The van der Waals surface area contributed by atoms with E-state index >= 15 is 0 Å². The zero-order chi connectivity index (χ0) is 27.0. The summed E-state index contributed by atoms with van der Waals surface area (Å²) in [5, 5.41) is 28.0. The van der Waals surface area contributed by atoms with Gasteiger partial charge in [0, 0.05) is 35.6 Å². The number of hydrogen-bond donors (Lipinski definition) is 4. The molecule has 7 nitrogen and oxygen atoms in total. The molecule has 0 aliphatic heterocycles. The molecule has 1 heterocycles. The van der Waals surface area contributed by atoms with Crippen molar-refractivity contribution in [3.63, 3.8) is 0 Å². The molecule has 0 saturated heterocycles. The van der Waals surface area contributed by atoms with Gasteiger partial charge in [-0.15, -0.1) is 11.3 Å². The molecule has 0 spiro atoms. The first-order valence-electron chi connectivity index (χ1n) is 13.2. The maximum absolute atomic E-state index is 13.2. The van der Waals surface area contributed by atoms with Crippen LogP contribution >= 0.6 is 11.3 Å². The molecule has 4 N–H and O–H groups in total. The van der Waals surface area contributed by atoms with Crippen LogP contribution in [0.1, 0.15) is 82.4 Å². The summed E-state index contributed by atoms with van der Waals surface area (Å²) in [5.74, 6) is -0.327. The van der Waals surface area contributed by atoms with E-state index in [1.807, 2.05) is 58.0 Å². The van der Waals surface area contributed by atoms with Crippen molar-refractivity contribution in [2.24, 2.45) is 22.2 Å². The van der Waals surface area contributed by atoms with E-state index < -0.39 is 11.5 Å². The minimum Gasteiger partial charge on any atom is -0.396 e. The number of thiazole rings is 1. The highest BCUT2D eigenvalue weighted by Gasteiger charge is 2.59. The minimum atomic E-state index is -0.677. The molecule has 2 aliphatic carbocycles. The maximum Gasteiger partial charge on any atom is 0.226 e. The summed E-state index contributed by atoms with van der Waals surface area (Å²) in [6.45, 7) is 10.6. The molecule has 5 atom stereocenters. The molecule has 1 fully saturated rings. The van der Waals surface area contributed by atoms with E-state index in [1.54, 1.807) is 0 Å². The fourth-order valence-electron chi connectivity index (χ4n) is 6.40. The number of hydrogen-bond acceptors (Lipinski definition) is 6. The van der Waals surface area contributed by atoms with Crippen molar-refractivity contribution in [3.8, 4) is 0 Å². The summed E-state index contributed by atoms with van der Waals surface area (Å²) < 4.78 is 0. The van der Waals surface area contributed by atoms with E-state index in [2.05, 4.69) is 17.6 Å². The van der Waals surface area contributed by atoms with Gasteiger partial charge < -0.3 is 20.8 Å². The summed E-state index contributed by atoms with van der Waals surface area (Å²) in [4.78, 5) is 31.8. The lowest BCUT2D eigenvalue weighted by atomic mass is 9.47. The number of benzene rings is 1. The Morgan fingerprint density at radius 1 is 1.16 bits per heavy atom. The number of carbonyl (C=O) groups excluding carboxylic acids is 2. The Morgan fingerprint density at radius 2 is 1.86 bits per heavy atom. The van der Waals surface area contributed by atoms with E-state index in [1.165, 1.54) is 11.3 Å². The van der Waals surface area contributed by atoms with Gasteiger partial charge in [-0.05, 0) is 41.6 Å². The van der Waals surface area contributed by atoms with Crippen LogP contribution in [0.2, 0.25) is 0 Å². The van der Waals surface area contributed by atoms with Gasteiger partial charge in [0.1, 0.15) is 0 Å². The zero-order valence-electron chi connectivity index (χ0n) is 22.6. The number of fused-ring (bicyclic) bond motifs is 2. The van der Waals surface area contributed by atoms with Crippen molar-refractivity contribution in [3.05, 3.63) is 46.5 Å². The van der Waals surface area contributed by atoms with Crippen LogP contribution in [0.25, 0.3) is 0 Å². The number of amides is 2. The second kappa shape index (κ2) is 10.5. The van der Waals surface area contributed by atoms with Gasteiger partial charge in [-0.25, -0.2) is 4.98 Å². The van der Waals surface area contributed by atoms with Gasteiger partial charge in [-0.3, -0.25) is 9.59 Å². The Bertz CT molecular complexity index is 1130. The predicted molar refractivity (Wildman–Crippen MR) is 146 cm³/mol. The van der Waals surface area contributed by atoms with Gasteiger partial charge in [0.25, 0.3) is 0 Å². The molecular weight excluding hydrogens is 486 g/mol. The van der Waals surface area contributed by atoms with Crippen LogP contribution in [-0.2, 0) is 22.6 Å². The van der Waals surface area contributed by atoms with Crippen LogP contribution < -0.4 is 10.6 Å². The third kappa shape index (κ3) is 5.76. The number of aliphatic hydroxyl groups is 2. The van der Waals surface area contributed by atoms with Gasteiger partial charge in [-0.2, -0.15) is 0 Å². The molecule has 0 unspecified atom stereocenters. The van der Waals surface area contributed by atoms with Crippen molar-refractivity contribution in [2.75, 3.05) is 11.9 Å². The van der Waals surface area contributed by atoms with E-state index in [0.29, 0.717) is 30.9 Å². The lowest BCUT2D eigenvalue weighted by molar-refractivity contribution is -0.144. The van der Waals surface area contributed by atoms with Crippen LogP contribution in [0, 0.1) is 22.2 Å². The molecule has 1 saturated carbocycles. The Hall–Kier alpha value is -2.29. The number of nitrogens with one attached hydrogen (secondary N) is 2. The number of anilines is 1. The van der Waals surface area contributed by atoms with Gasteiger partial charge in [0.05, 0.1) is 18.4 Å². The Kier molecular flexibility index (Phi) is 7.84. The highest BCUT2D eigenvalue weighted by molar-refractivity contribution is 7.15. The second-order valence-corrected chi connectivity index (χ2v) is 13.7. The number of aliphatic hydroxyl groups excluding tert-OH is 2. The smallest absolute Gasteiger partial charge is 0.226 e. The first-order chi connectivity index (χ1) is 17.4. The topological polar surface area (TPSA) is 112 Å². The lowest BCUT2D eigenvalue weighted by Gasteiger charge is -2.58. The average Bonchev–Trinajstić information content (AvgIpc) is 3.23. The molecule has 0 radical (unpaired) electrons. The fourth-order valence-corrected chi connectivity index (χ4v) is 7.48. The summed E-state index contributed by atoms with van der Waals surface area (Å²) in [6, 6.07) is 9.82. The van der Waals surface area contributed by atoms with Gasteiger partial charge in [0.15, 0.2) is 5.13 Å². The molecular formula is C29H41N3O4S. The average molecular weight is 528 g/mol. The summed E-state index contributed by atoms with van der Waals surface area (Å²) >= 11 is 1.46. The Balaban J connectivity index is 1.64. The predicted octanol–water partition coefficient (Wildman–Crippen LogP) is 4.64. The van der Waals surface area contributed by atoms with Crippen LogP contribution in [0.4, 0.5) is 5.13 Å². The molecule has 202 valence electrons. The first kappa shape index (κ1) is 27.7. The standard InChI is InChI=1S/C29H41N3O4S/c1-27(2,3)15-24(36)31-26-32-25-19(13-23(35)30-16-18-9-7-6-8-10-18)28(4)12-11-22(34)29(5,17-33)21(28)14-20(25)37-26/h6-10,19,21-22,33-34H,11-17H2,1-5H3,(H,30,35)(H,31,32,36)/t19-,21+,22-,28+,29+/m1/s1. The molecule has 1 aromatic heterocycles. The van der Waals surface area contributed by atoms with Crippen LogP contribution in [0.3, 0.4) is 0 Å². The highest BCUT2D eigenvalue weighted by atomic mass is 32.1. The van der Waals surface area contributed by atoms with Crippen molar-refractivity contribution >= 4 is 28.3 Å². The second-order valence-electron chi connectivity index (χ2n) is 12.6. The van der Waals surface area contributed by atoms with E-state index in [-0.39, 0.29) is 47.5 Å². The first-order valence-corrected chi connectivity index (χ1v) is 14.1. The molecule has 37 heavy (non-hydrogen) atoms. The molecule has 2 aromatic rings. The maximum atomic E-state index is 13.2. The van der Waals surface area contributed by atoms with E-state index in [0.717, 1.165) is 22.6 Å². The summed E-state index contributed by atoms with van der Waals surface area (Å²) in [6.07, 6.45) is 2.02. The van der Waals surface area contributed by atoms with Gasteiger partial charge in [-0.1, -0.05) is 65.0 Å². The molecule has 1 aromatic carbocycles. The number of nitrogens with zero attached hydrogens (tertiary/aromatic N) is 1. The summed E-state index contributed by atoms with van der Waals surface area (Å²) in [7, 11) is 0. The number of aromatic nitrogens is 1. The Labute approximate surface area is 224 Å². The van der Waals surface area contributed by atoms with Crippen molar-refractivity contribution in [1.29, 1.82) is 0 Å². The van der Waals surface area contributed by atoms with Crippen molar-refractivity contribution in [2.45, 2.75) is 85.3 Å². The third-order valence-corrected chi connectivity index (χ3v) is 9.56. The molecule has 4 rings (SSSR count). The monoisotopic (exact) mass is 527 g/mol. The fraction of sp³-hybridized carbons (Fsp3) is 0.621. The Morgan fingerprint density at radius 3 is 2.51 bits per heavy atom. The summed E-state index contributed by atoms with van der Waals surface area (Å²) in [5.41, 5.74) is 0.774. The molecule has 8 heteroatoms. The molecule has 0 bridgehead atoms. The number of carbonyl (C=O) groups is 2. The number of rotatable bonds is 7. The third-order valence-electron chi connectivity index (χ3n) is 8.55. The minimum absolute atomic E-state index is 0.0215. The largest absolute Gasteiger partial charge is 0.396 e. The van der Waals surface area contributed by atoms with Gasteiger partial charge in [0.2, 0.25) is 11.8 Å². The van der Waals surface area contributed by atoms with Gasteiger partial charge >= 0.3 is 0 Å². The van der Waals surface area contributed by atoms with Crippen molar-refractivity contribution < 1.29 is 19.8 Å². The normalized spacial score (nSPS) is 29.2. The SMILES string of the molecule is CC(C)(C)CC(=O)Nc1nc2c(s1)C[C@@H]1[C@](C)(CO)[C@H](O)CC[C@@]1(C)[C@@H]2CC(=O)NCc1ccccc1. The highest BCUT2D eigenvalue weighted by Crippen LogP contribution is 2.62. The molecule has 2 amide bonds. The lowest BCUT2D eigenvalue weighted by Crippen LogP contribution is -2.57. The van der Waals surface area contributed by atoms with Crippen LogP contribution in [-0.4, -0.2) is 39.7 Å². The van der Waals surface area contributed by atoms with Crippen molar-refractivity contribution in [1.82, 2.24) is 10.3 Å². The van der Waals surface area contributed by atoms with Crippen LogP contribution in [0.15, 0.2) is 30.3 Å².